The number of H-pyrrole nitrogens is 1. The summed E-state index contributed by atoms with van der Waals surface area (Å²) in [5.41, 5.74) is -0.782. The Morgan fingerprint density at radius 1 is 1.41 bits per heavy atom. The first kappa shape index (κ1) is 14.1. The van der Waals surface area contributed by atoms with Crippen molar-refractivity contribution in [3.63, 3.8) is 0 Å². The highest BCUT2D eigenvalue weighted by molar-refractivity contribution is 5.80. The number of hydrogen-bond donors (Lipinski definition) is 4. The fourth-order valence-electron chi connectivity index (χ4n) is 1.98. The minimum atomic E-state index is -0.869. The number of aliphatic carboxylic acids is 1. The van der Waals surface area contributed by atoms with Crippen LogP contribution in [0.3, 0.4) is 0 Å². The highest BCUT2D eigenvalue weighted by atomic mass is 16.4. The summed E-state index contributed by atoms with van der Waals surface area (Å²) in [6, 6.07) is 3.02. The number of hydrogen-bond acceptors (Lipinski definition) is 5. The molecule has 1 saturated carbocycles. The summed E-state index contributed by atoms with van der Waals surface area (Å²) in [6.45, 7) is 0.280. The molecule has 0 atom stereocenters. The number of furan rings is 1. The van der Waals surface area contributed by atoms with Crippen molar-refractivity contribution in [3.8, 4) is 11.6 Å². The summed E-state index contributed by atoms with van der Waals surface area (Å²) >= 11 is 0. The molecule has 2 heterocycles. The monoisotopic (exact) mass is 305 g/mol. The maximum absolute atomic E-state index is 11.7. The predicted molar refractivity (Wildman–Crippen MR) is 73.6 cm³/mol. The molecule has 9 nitrogen and oxygen atoms in total. The molecule has 1 aliphatic carbocycles. The minimum Gasteiger partial charge on any atom is -0.481 e. The van der Waals surface area contributed by atoms with Crippen molar-refractivity contribution in [1.82, 2.24) is 25.8 Å². The van der Waals surface area contributed by atoms with Gasteiger partial charge in [0.2, 0.25) is 5.82 Å². The summed E-state index contributed by atoms with van der Waals surface area (Å²) in [4.78, 5) is 26.8. The third kappa shape index (κ3) is 2.92. The Bertz CT molecular complexity index is 674. The van der Waals surface area contributed by atoms with E-state index >= 15 is 0 Å². The van der Waals surface area contributed by atoms with Gasteiger partial charge in [-0.15, -0.1) is 5.10 Å². The third-order valence-electron chi connectivity index (χ3n) is 3.58. The van der Waals surface area contributed by atoms with Gasteiger partial charge in [-0.1, -0.05) is 0 Å². The number of aromatic nitrogens is 3. The number of carboxylic acids is 1. The van der Waals surface area contributed by atoms with Crippen molar-refractivity contribution in [3.05, 3.63) is 24.2 Å². The van der Waals surface area contributed by atoms with Crippen LogP contribution in [0.25, 0.3) is 11.6 Å². The quantitative estimate of drug-likeness (QED) is 0.621. The average Bonchev–Trinajstić information content (AvgIpc) is 2.91. The number of aromatic amines is 1. The first-order valence-electron chi connectivity index (χ1n) is 6.79. The highest BCUT2D eigenvalue weighted by Crippen LogP contribution is 2.45. The molecule has 116 valence electrons. The second kappa shape index (κ2) is 5.51. The smallest absolute Gasteiger partial charge is 0.315 e. The van der Waals surface area contributed by atoms with E-state index in [1.54, 1.807) is 12.1 Å². The molecule has 0 spiro atoms. The number of nitrogens with one attached hydrogen (secondary N) is 3. The van der Waals surface area contributed by atoms with Gasteiger partial charge in [0.1, 0.15) is 5.82 Å². The Morgan fingerprint density at radius 3 is 2.86 bits per heavy atom. The summed E-state index contributed by atoms with van der Waals surface area (Å²) in [6.07, 6.45) is 2.71. The molecule has 9 heteroatoms. The molecular formula is C13H15N5O4. The molecule has 22 heavy (non-hydrogen) atoms. The second-order valence-corrected chi connectivity index (χ2v) is 5.20. The van der Waals surface area contributed by atoms with E-state index in [4.69, 9.17) is 9.52 Å². The Balaban J connectivity index is 1.46. The van der Waals surface area contributed by atoms with Crippen molar-refractivity contribution in [2.24, 2.45) is 5.41 Å². The molecule has 2 aromatic rings. The van der Waals surface area contributed by atoms with E-state index in [0.717, 1.165) is 0 Å². The van der Waals surface area contributed by atoms with Gasteiger partial charge >= 0.3 is 12.0 Å². The Kier molecular flexibility index (Phi) is 3.53. The van der Waals surface area contributed by atoms with Gasteiger partial charge in [-0.05, 0) is 25.0 Å². The number of carbonyl (C=O) groups is 2. The zero-order valence-electron chi connectivity index (χ0n) is 11.6. The summed E-state index contributed by atoms with van der Waals surface area (Å²) in [5.74, 6) is 0.543. The summed E-state index contributed by atoms with van der Waals surface area (Å²) in [5, 5.41) is 20.8. The fraction of sp³-hybridized carbons (Fsp3) is 0.385. The Morgan fingerprint density at radius 2 is 2.23 bits per heavy atom. The summed E-state index contributed by atoms with van der Waals surface area (Å²) in [7, 11) is 0. The van der Waals surface area contributed by atoms with E-state index in [0.29, 0.717) is 30.3 Å². The van der Waals surface area contributed by atoms with Crippen LogP contribution in [0.1, 0.15) is 18.7 Å². The van der Waals surface area contributed by atoms with Gasteiger partial charge in [0.05, 0.1) is 18.2 Å². The van der Waals surface area contributed by atoms with Crippen LogP contribution in [0.15, 0.2) is 22.8 Å². The van der Waals surface area contributed by atoms with Gasteiger partial charge in [-0.2, -0.15) is 0 Å². The molecule has 0 saturated heterocycles. The average molecular weight is 305 g/mol. The predicted octanol–water partition coefficient (Wildman–Crippen LogP) is 0.729. The van der Waals surface area contributed by atoms with Crippen molar-refractivity contribution >= 4 is 12.0 Å². The van der Waals surface area contributed by atoms with Gasteiger partial charge in [-0.25, -0.2) is 9.78 Å². The van der Waals surface area contributed by atoms with Gasteiger partial charge in [0.25, 0.3) is 0 Å². The third-order valence-corrected chi connectivity index (χ3v) is 3.58. The maximum Gasteiger partial charge on any atom is 0.315 e. The number of urea groups is 1. The topological polar surface area (TPSA) is 133 Å². The lowest BCUT2D eigenvalue weighted by Crippen LogP contribution is -2.40. The van der Waals surface area contributed by atoms with Crippen LogP contribution in [-0.2, 0) is 11.3 Å². The van der Waals surface area contributed by atoms with E-state index in [-0.39, 0.29) is 13.1 Å². The Hall–Kier alpha value is -2.84. The molecule has 3 rings (SSSR count). The largest absolute Gasteiger partial charge is 0.481 e. The van der Waals surface area contributed by atoms with Crippen LogP contribution in [0.5, 0.6) is 0 Å². The van der Waals surface area contributed by atoms with Crippen LogP contribution in [-0.4, -0.2) is 38.8 Å². The SMILES string of the molecule is O=C(NCc1nc(-c2ccco2)n[nH]1)NCC1(C(=O)O)CC1. The molecule has 1 aliphatic rings. The first-order chi connectivity index (χ1) is 10.6. The van der Waals surface area contributed by atoms with Crippen molar-refractivity contribution in [2.75, 3.05) is 6.54 Å². The molecule has 0 radical (unpaired) electrons. The van der Waals surface area contributed by atoms with Crippen LogP contribution in [0.2, 0.25) is 0 Å². The first-order valence-corrected chi connectivity index (χ1v) is 6.79. The molecule has 2 amide bonds. The number of carbonyl (C=O) groups excluding carboxylic acids is 1. The van der Waals surface area contributed by atoms with E-state index in [1.165, 1.54) is 6.26 Å². The molecule has 0 aromatic carbocycles. The standard InChI is InChI=1S/C13H15N5O4/c19-11(20)13(3-4-13)7-15-12(21)14-6-9-16-10(18-17-9)8-2-1-5-22-8/h1-2,5H,3-4,6-7H2,(H,19,20)(H2,14,15,21)(H,16,17,18). The lowest BCUT2D eigenvalue weighted by Gasteiger charge is -2.11. The molecule has 1 fully saturated rings. The molecular weight excluding hydrogens is 290 g/mol. The molecule has 4 N–H and O–H groups in total. The van der Waals surface area contributed by atoms with Crippen LogP contribution >= 0.6 is 0 Å². The lowest BCUT2D eigenvalue weighted by atomic mass is 10.1. The number of carboxylic acid groups (broad SMARTS) is 1. The number of amides is 2. The zero-order valence-corrected chi connectivity index (χ0v) is 11.6. The normalized spacial score (nSPS) is 15.3. The Labute approximate surface area is 125 Å². The molecule has 0 bridgehead atoms. The van der Waals surface area contributed by atoms with E-state index in [1.807, 2.05) is 0 Å². The fourth-order valence-corrected chi connectivity index (χ4v) is 1.98. The van der Waals surface area contributed by atoms with E-state index in [9.17, 15) is 9.59 Å². The van der Waals surface area contributed by atoms with Crippen LogP contribution in [0, 0.1) is 5.41 Å². The molecule has 0 aliphatic heterocycles. The highest BCUT2D eigenvalue weighted by Gasteiger charge is 2.50. The minimum absolute atomic E-state index is 0.127. The maximum atomic E-state index is 11.7. The van der Waals surface area contributed by atoms with Gasteiger partial charge in [-0.3, -0.25) is 9.89 Å². The molecule has 2 aromatic heterocycles. The van der Waals surface area contributed by atoms with Crippen molar-refractivity contribution < 1.29 is 19.1 Å². The second-order valence-electron chi connectivity index (χ2n) is 5.20. The zero-order chi connectivity index (χ0) is 15.6. The number of nitrogens with zero attached hydrogens (tertiary/aromatic N) is 2. The number of rotatable bonds is 6. The van der Waals surface area contributed by atoms with Crippen molar-refractivity contribution in [2.45, 2.75) is 19.4 Å². The van der Waals surface area contributed by atoms with E-state index in [2.05, 4.69) is 25.8 Å². The van der Waals surface area contributed by atoms with E-state index < -0.39 is 17.4 Å². The molecule has 0 unspecified atom stereocenters. The lowest BCUT2D eigenvalue weighted by molar-refractivity contribution is -0.143. The van der Waals surface area contributed by atoms with Crippen LogP contribution in [0.4, 0.5) is 4.79 Å². The van der Waals surface area contributed by atoms with Gasteiger partial charge in [0, 0.05) is 6.54 Å². The van der Waals surface area contributed by atoms with Gasteiger partial charge in [0.15, 0.2) is 5.76 Å². The summed E-state index contributed by atoms with van der Waals surface area (Å²) < 4.78 is 5.16. The van der Waals surface area contributed by atoms with Crippen LogP contribution < -0.4 is 10.6 Å². The van der Waals surface area contributed by atoms with Crippen molar-refractivity contribution in [1.29, 1.82) is 0 Å². The van der Waals surface area contributed by atoms with Gasteiger partial charge < -0.3 is 20.2 Å².